The molecule has 1 atom stereocenters. The summed E-state index contributed by atoms with van der Waals surface area (Å²) in [7, 11) is 0. The van der Waals surface area contributed by atoms with Crippen molar-refractivity contribution in [1.82, 2.24) is 15.5 Å². The Morgan fingerprint density at radius 2 is 1.93 bits per heavy atom. The summed E-state index contributed by atoms with van der Waals surface area (Å²) in [4.78, 5) is 17.0. The number of aliphatic imine (C=N–C) groups is 1. The summed E-state index contributed by atoms with van der Waals surface area (Å²) < 4.78 is 26.6. The molecule has 30 heavy (non-hydrogen) atoms. The molecule has 0 aliphatic rings. The Morgan fingerprint density at radius 3 is 2.60 bits per heavy atom. The first-order valence-electron chi connectivity index (χ1n) is 9.43. The van der Waals surface area contributed by atoms with Crippen molar-refractivity contribution in [2.24, 2.45) is 10.9 Å². The molecule has 3 N–H and O–H groups in total. The Balaban J connectivity index is 1.84. The molecule has 1 aromatic heterocycles. The molecule has 0 fully saturated rings. The van der Waals surface area contributed by atoms with E-state index in [1.807, 2.05) is 6.92 Å². The number of aliphatic hydroxyl groups is 1. The lowest BCUT2D eigenvalue weighted by Crippen LogP contribution is -2.32. The second kappa shape index (κ2) is 9.41. The van der Waals surface area contributed by atoms with Crippen LogP contribution in [-0.2, 0) is 0 Å². The molecule has 0 saturated carbocycles. The lowest BCUT2D eigenvalue weighted by molar-refractivity contribution is 0.0975. The number of aromatic amines is 1. The van der Waals surface area contributed by atoms with Crippen LogP contribution < -0.4 is 5.32 Å². The van der Waals surface area contributed by atoms with E-state index in [4.69, 9.17) is 0 Å². The smallest absolute Gasteiger partial charge is 0.256 e. The van der Waals surface area contributed by atoms with Crippen LogP contribution in [0.15, 0.2) is 53.5 Å². The molecule has 3 aromatic rings. The molecule has 0 radical (unpaired) electrons. The summed E-state index contributed by atoms with van der Waals surface area (Å²) >= 11 is 0. The Hall–Kier alpha value is -3.39. The van der Waals surface area contributed by atoms with Crippen LogP contribution in [0.5, 0.6) is 0 Å². The summed E-state index contributed by atoms with van der Waals surface area (Å²) in [6.07, 6.45) is 0.307. The van der Waals surface area contributed by atoms with E-state index in [0.717, 1.165) is 5.56 Å². The number of benzene rings is 2. The van der Waals surface area contributed by atoms with Gasteiger partial charge in [-0.2, -0.15) is 5.10 Å². The number of halogens is 2. The van der Waals surface area contributed by atoms with Crippen molar-refractivity contribution in [3.8, 4) is 11.3 Å². The third-order valence-electron chi connectivity index (χ3n) is 4.50. The summed E-state index contributed by atoms with van der Waals surface area (Å²) in [6, 6.07) is 11.7. The van der Waals surface area contributed by atoms with E-state index in [-0.39, 0.29) is 24.2 Å². The van der Waals surface area contributed by atoms with Crippen molar-refractivity contribution < 1.29 is 18.7 Å². The van der Waals surface area contributed by atoms with E-state index in [2.05, 4.69) is 20.5 Å². The molecule has 0 bridgehead atoms. The third-order valence-corrected chi connectivity index (χ3v) is 4.50. The fraction of sp³-hybridized carbons (Fsp3) is 0.227. The quantitative estimate of drug-likeness (QED) is 0.420. The van der Waals surface area contributed by atoms with Gasteiger partial charge in [0.25, 0.3) is 5.91 Å². The number of amidine groups is 1. The van der Waals surface area contributed by atoms with Crippen LogP contribution in [0.2, 0.25) is 0 Å². The fourth-order valence-corrected chi connectivity index (χ4v) is 2.79. The van der Waals surface area contributed by atoms with Crippen LogP contribution in [0.3, 0.4) is 0 Å². The zero-order chi connectivity index (χ0) is 21.7. The van der Waals surface area contributed by atoms with Gasteiger partial charge in [-0.05, 0) is 66.4 Å². The molecule has 1 amide bonds. The molecule has 156 valence electrons. The Labute approximate surface area is 172 Å². The lowest BCUT2D eigenvalue weighted by atomic mass is 10.1. The van der Waals surface area contributed by atoms with Gasteiger partial charge in [0.1, 0.15) is 17.5 Å². The van der Waals surface area contributed by atoms with Gasteiger partial charge in [-0.1, -0.05) is 6.92 Å². The number of amides is 1. The first-order valence-corrected chi connectivity index (χ1v) is 9.43. The highest BCUT2D eigenvalue weighted by atomic mass is 19.1. The van der Waals surface area contributed by atoms with Gasteiger partial charge in [0.15, 0.2) is 5.82 Å². The SMILES string of the molecule is Cc1cc(C(=O)NC(C[C@@H](C)CO)=Nc2cc(-c3ccc(F)cc3)[nH]n2)ccc1F. The number of rotatable bonds is 6. The van der Waals surface area contributed by atoms with Crippen LogP contribution >= 0.6 is 0 Å². The number of carbonyl (C=O) groups is 1. The van der Waals surface area contributed by atoms with Crippen LogP contribution in [0.25, 0.3) is 11.3 Å². The minimum Gasteiger partial charge on any atom is -0.396 e. The third kappa shape index (κ3) is 5.36. The van der Waals surface area contributed by atoms with Crippen molar-refractivity contribution in [3.63, 3.8) is 0 Å². The average Bonchev–Trinajstić information content (AvgIpc) is 3.18. The molecule has 1 heterocycles. The largest absolute Gasteiger partial charge is 0.396 e. The minimum atomic E-state index is -0.434. The standard InChI is InChI=1S/C22H22F2N4O2/c1-13(12-29)9-20(26-22(30)16-5-8-18(24)14(2)10-16)25-21-11-19(27-28-21)15-3-6-17(23)7-4-15/h3-8,10-11,13,29H,9,12H2,1-2H3,(H2,25,26,27,28,30)/t13-/m1/s1. The lowest BCUT2D eigenvalue weighted by Gasteiger charge is -2.12. The van der Waals surface area contributed by atoms with E-state index < -0.39 is 5.91 Å². The summed E-state index contributed by atoms with van der Waals surface area (Å²) in [6.45, 7) is 3.32. The topological polar surface area (TPSA) is 90.4 Å². The van der Waals surface area contributed by atoms with Crippen molar-refractivity contribution in [3.05, 3.63) is 71.3 Å². The molecule has 0 aliphatic heterocycles. The van der Waals surface area contributed by atoms with Gasteiger partial charge < -0.3 is 10.4 Å². The summed E-state index contributed by atoms with van der Waals surface area (Å²) in [5, 5.41) is 19.1. The van der Waals surface area contributed by atoms with Crippen LogP contribution in [0.1, 0.15) is 29.3 Å². The molecule has 0 unspecified atom stereocenters. The van der Waals surface area contributed by atoms with Gasteiger partial charge in [0.05, 0.1) is 5.69 Å². The maximum absolute atomic E-state index is 13.5. The molecule has 8 heteroatoms. The van der Waals surface area contributed by atoms with Crippen molar-refractivity contribution in [2.75, 3.05) is 6.61 Å². The fourth-order valence-electron chi connectivity index (χ4n) is 2.79. The normalized spacial score (nSPS) is 12.6. The predicted octanol–water partition coefficient (Wildman–Crippen LogP) is 4.14. The number of nitrogens with zero attached hydrogens (tertiary/aromatic N) is 2. The molecule has 0 aliphatic carbocycles. The van der Waals surface area contributed by atoms with Crippen molar-refractivity contribution >= 4 is 17.6 Å². The molecule has 3 rings (SSSR count). The Kier molecular flexibility index (Phi) is 6.68. The van der Waals surface area contributed by atoms with Crippen molar-refractivity contribution in [2.45, 2.75) is 20.3 Å². The van der Waals surface area contributed by atoms with Gasteiger partial charge in [0.2, 0.25) is 0 Å². The number of carbonyl (C=O) groups excluding carboxylic acids is 1. The van der Waals surface area contributed by atoms with Gasteiger partial charge in [-0.15, -0.1) is 0 Å². The minimum absolute atomic E-state index is 0.0774. The highest BCUT2D eigenvalue weighted by molar-refractivity contribution is 6.07. The van der Waals surface area contributed by atoms with Gasteiger partial charge >= 0.3 is 0 Å². The maximum atomic E-state index is 13.5. The highest BCUT2D eigenvalue weighted by Gasteiger charge is 2.14. The second-order valence-electron chi connectivity index (χ2n) is 7.12. The first-order chi connectivity index (χ1) is 14.4. The van der Waals surface area contributed by atoms with E-state index >= 15 is 0 Å². The van der Waals surface area contributed by atoms with Crippen molar-refractivity contribution in [1.29, 1.82) is 0 Å². The first kappa shape index (κ1) is 21.3. The predicted molar refractivity (Wildman–Crippen MR) is 111 cm³/mol. The number of hydrogen-bond donors (Lipinski definition) is 3. The van der Waals surface area contributed by atoms with E-state index in [1.54, 1.807) is 25.1 Å². The number of aromatic nitrogens is 2. The number of nitrogens with one attached hydrogen (secondary N) is 2. The van der Waals surface area contributed by atoms with E-state index in [0.29, 0.717) is 34.9 Å². The Morgan fingerprint density at radius 1 is 1.20 bits per heavy atom. The van der Waals surface area contributed by atoms with E-state index in [9.17, 15) is 18.7 Å². The molecule has 0 saturated heterocycles. The zero-order valence-corrected chi connectivity index (χ0v) is 16.6. The number of hydrogen-bond acceptors (Lipinski definition) is 4. The van der Waals surface area contributed by atoms with E-state index in [1.165, 1.54) is 30.3 Å². The summed E-state index contributed by atoms with van der Waals surface area (Å²) in [5.74, 6) is -0.661. The number of H-pyrrole nitrogens is 1. The average molecular weight is 412 g/mol. The molecular formula is C22H22F2N4O2. The highest BCUT2D eigenvalue weighted by Crippen LogP contribution is 2.22. The number of aryl methyl sites for hydroxylation is 1. The molecular weight excluding hydrogens is 390 g/mol. The second-order valence-corrected chi connectivity index (χ2v) is 7.12. The monoisotopic (exact) mass is 412 g/mol. The Bertz CT molecular complexity index is 1060. The van der Waals surface area contributed by atoms with Gasteiger partial charge in [-0.3, -0.25) is 9.89 Å². The number of aliphatic hydroxyl groups excluding tert-OH is 1. The maximum Gasteiger partial charge on any atom is 0.256 e. The van der Waals surface area contributed by atoms with Gasteiger partial charge in [-0.25, -0.2) is 13.8 Å². The zero-order valence-electron chi connectivity index (χ0n) is 16.6. The molecule has 2 aromatic carbocycles. The van der Waals surface area contributed by atoms with Crippen LogP contribution in [0.4, 0.5) is 14.6 Å². The summed E-state index contributed by atoms with van der Waals surface area (Å²) in [5.41, 5.74) is 2.04. The molecule has 0 spiro atoms. The van der Waals surface area contributed by atoms with Crippen LogP contribution in [-0.4, -0.2) is 33.7 Å². The molecule has 6 nitrogen and oxygen atoms in total. The van der Waals surface area contributed by atoms with Crippen LogP contribution in [0, 0.1) is 24.5 Å². The van der Waals surface area contributed by atoms with Gasteiger partial charge in [0, 0.05) is 24.7 Å².